The molecule has 0 radical (unpaired) electrons. The molecule has 0 aliphatic rings. The van der Waals surface area contributed by atoms with Gasteiger partial charge in [-0.1, -0.05) is 20.1 Å². The molecule has 0 bridgehead atoms. The molecule has 7 heteroatoms. The minimum Gasteiger partial charge on any atom is -0.746 e. The average molecular weight is 589 g/mol. The third kappa shape index (κ3) is 29.6. The van der Waals surface area contributed by atoms with Crippen molar-refractivity contribution in [2.24, 2.45) is 0 Å². The van der Waals surface area contributed by atoms with Gasteiger partial charge in [0.1, 0.15) is 6.11 Å². The van der Waals surface area contributed by atoms with E-state index in [9.17, 15) is 14.3 Å². The summed E-state index contributed by atoms with van der Waals surface area (Å²) in [5.41, 5.74) is 11.1. The van der Waals surface area contributed by atoms with Crippen LogP contribution >= 0.6 is 7.82 Å². The number of hydrogen-bond donors (Lipinski definition) is 1. The molecular formula is C37H19NO5P-. The van der Waals surface area contributed by atoms with E-state index < -0.39 is 7.82 Å². The van der Waals surface area contributed by atoms with Gasteiger partial charge in [-0.2, -0.15) is 0 Å². The van der Waals surface area contributed by atoms with Crippen molar-refractivity contribution in [3.05, 3.63) is 35.1 Å². The van der Waals surface area contributed by atoms with E-state index in [0.29, 0.717) is 6.42 Å². The zero-order chi connectivity index (χ0) is 31.7. The summed E-state index contributed by atoms with van der Waals surface area (Å²) in [5.74, 6) is 56.4. The van der Waals surface area contributed by atoms with E-state index in [2.05, 4.69) is 180 Å². The molecule has 0 heterocycles. The van der Waals surface area contributed by atoms with Crippen molar-refractivity contribution in [2.45, 2.75) is 27.7 Å². The Balaban J connectivity index is 0. The molecule has 0 aliphatic carbocycles. The first kappa shape index (κ1) is 39.1. The van der Waals surface area contributed by atoms with Crippen LogP contribution in [0.2, 0.25) is 0 Å². The predicted octanol–water partition coefficient (Wildman–Crippen LogP) is 1.85. The van der Waals surface area contributed by atoms with E-state index >= 15 is 0 Å². The highest BCUT2D eigenvalue weighted by Gasteiger charge is 2.07. The topological polar surface area (TPSA) is 87.7 Å². The molecule has 0 rings (SSSR count). The van der Waals surface area contributed by atoms with Gasteiger partial charge in [0.05, 0.1) is 12.2 Å². The maximum atomic E-state index is 11.4. The highest BCUT2D eigenvalue weighted by Crippen LogP contribution is 2.37. The highest BCUT2D eigenvalue weighted by molar-refractivity contribution is 7.46. The predicted molar refractivity (Wildman–Crippen MR) is 167 cm³/mol. The van der Waals surface area contributed by atoms with E-state index in [1.54, 1.807) is 0 Å². The fraction of sp³-hybridized carbons (Fsp3) is 0.162. The summed E-state index contributed by atoms with van der Waals surface area (Å²) in [6.45, 7) is 6.30. The lowest BCUT2D eigenvalue weighted by Crippen LogP contribution is -2.24. The second-order valence-electron chi connectivity index (χ2n) is 6.22. The van der Waals surface area contributed by atoms with Crippen molar-refractivity contribution < 1.29 is 23.3 Å². The molecule has 0 aromatic carbocycles. The van der Waals surface area contributed by atoms with Gasteiger partial charge in [-0.3, -0.25) is 9.36 Å². The Kier molecular flexibility index (Phi) is 25.8. The van der Waals surface area contributed by atoms with Crippen LogP contribution in [0.5, 0.6) is 0 Å². The first-order chi connectivity index (χ1) is 20.9. The fourth-order valence-electron chi connectivity index (χ4n) is 1.61. The molecule has 0 saturated heterocycles. The molecule has 0 spiro atoms. The molecule has 208 valence electrons. The molecular weight excluding hydrogens is 569 g/mol. The summed E-state index contributed by atoms with van der Waals surface area (Å²) in [5, 5.41) is 2.35. The molecule has 1 unspecified atom stereocenters. The smallest absolute Gasteiger partial charge is 0.328 e. The van der Waals surface area contributed by atoms with Crippen LogP contribution in [0.4, 0.5) is 0 Å². The van der Waals surface area contributed by atoms with Gasteiger partial charge in [-0.15, -0.1) is 0 Å². The first-order valence-corrected chi connectivity index (χ1v) is 12.9. The zero-order valence-electron chi connectivity index (χ0n) is 22.8. The summed E-state index contributed by atoms with van der Waals surface area (Å²) >= 11 is 0. The van der Waals surface area contributed by atoms with Gasteiger partial charge in [0.25, 0.3) is 0 Å². The summed E-state index contributed by atoms with van der Waals surface area (Å²) < 4.78 is 20.1. The maximum Gasteiger partial charge on any atom is 0.328 e. The van der Waals surface area contributed by atoms with Gasteiger partial charge < -0.3 is 19.3 Å². The normalized spacial score (nSPS) is 7.34. The van der Waals surface area contributed by atoms with Crippen LogP contribution in [0.25, 0.3) is 0 Å². The molecule has 0 aromatic rings. The van der Waals surface area contributed by atoms with Crippen LogP contribution in [-0.2, 0) is 18.4 Å². The first-order valence-electron chi connectivity index (χ1n) is 11.4. The van der Waals surface area contributed by atoms with E-state index in [1.807, 2.05) is 13.0 Å². The summed E-state index contributed by atoms with van der Waals surface area (Å²) in [6.07, 6.45) is 2.53. The Morgan fingerprint density at radius 1 is 0.727 bits per heavy atom. The van der Waals surface area contributed by atoms with Crippen LogP contribution in [0, 0.1) is 142 Å². The molecule has 0 fully saturated rings. The number of carbonyl (C=O) groups is 1. The molecule has 1 atom stereocenters. The van der Waals surface area contributed by atoms with E-state index in [1.165, 1.54) is 6.92 Å². The number of rotatable bonds is 6. The number of hydrogen-bond acceptors (Lipinski definition) is 5. The van der Waals surface area contributed by atoms with Gasteiger partial charge in [-0.05, 0) is 83.5 Å². The number of carbonyl (C=O) groups excluding carboxylic acids is 1. The number of nitrogens with one attached hydrogen (secondary N) is 1. The van der Waals surface area contributed by atoms with Crippen LogP contribution in [0.15, 0.2) is 35.1 Å². The molecule has 44 heavy (non-hydrogen) atoms. The minimum absolute atomic E-state index is 0. The number of amides is 1. The summed E-state index contributed by atoms with van der Waals surface area (Å²) in [6, 6.07) is 0. The average Bonchev–Trinajstić information content (AvgIpc) is 2.98. The van der Waals surface area contributed by atoms with Crippen LogP contribution in [0.1, 0.15) is 27.7 Å². The lowest BCUT2D eigenvalue weighted by atomic mass is 10.2. The number of phosphoric ester groups is 1. The van der Waals surface area contributed by atoms with Gasteiger partial charge in [0, 0.05) is 96.4 Å². The fourth-order valence-corrected chi connectivity index (χ4v) is 2.13. The van der Waals surface area contributed by atoms with Gasteiger partial charge in [-0.25, -0.2) is 0 Å². The molecule has 1 N–H and O–H groups in total. The number of phosphoric acid groups is 1. The third-order valence-electron chi connectivity index (χ3n) is 3.18. The van der Waals surface area contributed by atoms with Gasteiger partial charge in [0.2, 0.25) is 5.91 Å². The molecule has 1 amide bonds. The van der Waals surface area contributed by atoms with Crippen molar-refractivity contribution in [3.63, 3.8) is 0 Å². The van der Waals surface area contributed by atoms with Crippen molar-refractivity contribution in [1.82, 2.24) is 5.32 Å². The second-order valence-corrected chi connectivity index (χ2v) is 7.55. The van der Waals surface area contributed by atoms with Crippen molar-refractivity contribution >= 4 is 13.7 Å². The van der Waals surface area contributed by atoms with E-state index in [-0.39, 0.29) is 26.5 Å². The van der Waals surface area contributed by atoms with E-state index in [0.717, 1.165) is 5.57 Å². The monoisotopic (exact) mass is 588 g/mol. The maximum absolute atomic E-state index is 11.4. The molecule has 0 aliphatic heterocycles. The molecule has 0 aromatic heterocycles. The Labute approximate surface area is 260 Å². The van der Waals surface area contributed by atoms with Crippen LogP contribution in [-0.4, -0.2) is 19.1 Å². The summed E-state index contributed by atoms with van der Waals surface area (Å²) in [4.78, 5) is 22.0. The Hall–Kier alpha value is -7.00. The van der Waals surface area contributed by atoms with Gasteiger partial charge in [0.15, 0.2) is 0 Å². The van der Waals surface area contributed by atoms with Crippen molar-refractivity contribution in [3.8, 4) is 142 Å². The third-order valence-corrected chi connectivity index (χ3v) is 3.99. The van der Waals surface area contributed by atoms with Crippen LogP contribution < -0.4 is 10.2 Å². The molecule has 0 saturated carbocycles. The van der Waals surface area contributed by atoms with Gasteiger partial charge >= 0.3 is 7.82 Å². The Morgan fingerprint density at radius 3 is 1.52 bits per heavy atom. The zero-order valence-corrected chi connectivity index (χ0v) is 23.7. The Bertz CT molecular complexity index is 2090. The Morgan fingerprint density at radius 2 is 1.14 bits per heavy atom. The van der Waals surface area contributed by atoms with Crippen LogP contribution in [0.3, 0.4) is 0 Å². The largest absolute Gasteiger partial charge is 0.746 e. The standard InChI is InChI=1S/C36H16NO5P.CH4/c1-4-6-27-30-36(5-2)31-28-25-23-21-19-17-15-13-11-9-7-8-10-12-14-16-18-20-22-24-26-29-33-41-43(39,40)42-34-32-37-35(3)38;/h1,5,32,34H2,2-3H3,(H,37,38)(H,39,40);1H4/p-1. The highest BCUT2D eigenvalue weighted by atomic mass is 31.2. The number of allylic oxidation sites excluding steroid dienone is 1. The summed E-state index contributed by atoms with van der Waals surface area (Å²) in [7, 11) is -4.62. The lowest BCUT2D eigenvalue weighted by Gasteiger charge is -2.18. The van der Waals surface area contributed by atoms with E-state index in [4.69, 9.17) is 0 Å². The SMILES string of the molecule is C.C=C=C=C=C=C(C#CC#CC#CC#CC#CC#CC#CC#CC#CC#CC#CC#COP(=O)([O-])OCCNC(C)=O)CC. The van der Waals surface area contributed by atoms with Crippen molar-refractivity contribution in [2.75, 3.05) is 13.2 Å². The minimum atomic E-state index is -4.62. The second kappa shape index (κ2) is 29.0. The molecule has 6 nitrogen and oxygen atoms in total. The van der Waals surface area contributed by atoms with Crippen molar-refractivity contribution in [1.29, 1.82) is 0 Å². The lowest BCUT2D eigenvalue weighted by molar-refractivity contribution is -0.219. The quantitative estimate of drug-likeness (QED) is 0.222.